The topological polar surface area (TPSA) is 89.3 Å². The van der Waals surface area contributed by atoms with E-state index in [1.54, 1.807) is 12.1 Å². The maximum absolute atomic E-state index is 11.3. The van der Waals surface area contributed by atoms with Crippen LogP contribution in [0.15, 0.2) is 24.3 Å². The lowest BCUT2D eigenvalue weighted by atomic mass is 10.1. The molecule has 2 rings (SSSR count). The highest BCUT2D eigenvalue weighted by Gasteiger charge is 2.27. The van der Waals surface area contributed by atoms with Gasteiger partial charge in [-0.2, -0.15) is 0 Å². The summed E-state index contributed by atoms with van der Waals surface area (Å²) in [6, 6.07) is 6.10. The minimum absolute atomic E-state index is 0.0454. The summed E-state index contributed by atoms with van der Waals surface area (Å²) in [5.41, 5.74) is 0.814. The second kappa shape index (κ2) is 4.93. The largest absolute Gasteiger partial charge is 0.385 e. The molecule has 1 heterocycles. The lowest BCUT2D eigenvalue weighted by Crippen LogP contribution is -2.15. The number of anilines is 1. The second-order valence-corrected chi connectivity index (χ2v) is 6.68. The Morgan fingerprint density at radius 2 is 2.00 bits per heavy atom. The first-order chi connectivity index (χ1) is 8.46. The van der Waals surface area contributed by atoms with Gasteiger partial charge in [0, 0.05) is 24.4 Å². The maximum atomic E-state index is 11.3. The molecule has 7 heteroatoms. The molecule has 1 aromatic carbocycles. The first-order valence-electron chi connectivity index (χ1n) is 5.65. The highest BCUT2D eigenvalue weighted by atomic mass is 32.2. The Hall–Kier alpha value is -1.63. The third-order valence-electron chi connectivity index (χ3n) is 3.00. The smallest absolute Gasteiger partial charge is 0.269 e. The molecule has 0 aliphatic carbocycles. The summed E-state index contributed by atoms with van der Waals surface area (Å²) in [7, 11) is -2.85. The summed E-state index contributed by atoms with van der Waals surface area (Å²) in [4.78, 5) is 10.0. The van der Waals surface area contributed by atoms with Crippen LogP contribution in [0.25, 0.3) is 0 Å². The van der Waals surface area contributed by atoms with E-state index < -0.39 is 14.8 Å². The van der Waals surface area contributed by atoms with Crippen molar-refractivity contribution in [3.63, 3.8) is 0 Å². The Balaban J connectivity index is 1.89. The van der Waals surface area contributed by atoms with Gasteiger partial charge in [0.15, 0.2) is 9.84 Å². The predicted molar refractivity (Wildman–Crippen MR) is 68.3 cm³/mol. The van der Waals surface area contributed by atoms with Gasteiger partial charge in [-0.3, -0.25) is 10.1 Å². The molecule has 0 radical (unpaired) electrons. The van der Waals surface area contributed by atoms with Crippen LogP contribution in [0, 0.1) is 16.0 Å². The van der Waals surface area contributed by atoms with Gasteiger partial charge < -0.3 is 5.32 Å². The number of benzene rings is 1. The molecule has 1 fully saturated rings. The third kappa shape index (κ3) is 3.19. The maximum Gasteiger partial charge on any atom is 0.269 e. The summed E-state index contributed by atoms with van der Waals surface area (Å²) in [6.07, 6.45) is 0.683. The molecular formula is C11H14N2O4S. The van der Waals surface area contributed by atoms with E-state index in [-0.39, 0.29) is 23.1 Å². The van der Waals surface area contributed by atoms with Crippen LogP contribution < -0.4 is 5.32 Å². The van der Waals surface area contributed by atoms with Gasteiger partial charge in [0.25, 0.3) is 5.69 Å². The number of hydrogen-bond acceptors (Lipinski definition) is 5. The molecule has 1 unspecified atom stereocenters. The standard InChI is InChI=1S/C11H14N2O4S/c14-13(15)11-3-1-10(2-4-11)12-7-9-5-6-18(16,17)8-9/h1-4,9,12H,5-8H2. The molecule has 1 N–H and O–H groups in total. The van der Waals surface area contributed by atoms with Crippen LogP contribution in [0.4, 0.5) is 11.4 Å². The molecule has 98 valence electrons. The van der Waals surface area contributed by atoms with E-state index in [1.807, 2.05) is 0 Å². The fourth-order valence-electron chi connectivity index (χ4n) is 2.00. The number of nitro groups is 1. The summed E-state index contributed by atoms with van der Waals surface area (Å²) in [6.45, 7) is 0.580. The van der Waals surface area contributed by atoms with Crippen LogP contribution >= 0.6 is 0 Å². The van der Waals surface area contributed by atoms with Crippen LogP contribution in [0.3, 0.4) is 0 Å². The van der Waals surface area contributed by atoms with Gasteiger partial charge in [-0.05, 0) is 24.5 Å². The fourth-order valence-corrected chi connectivity index (χ4v) is 3.86. The molecule has 1 aliphatic rings. The summed E-state index contributed by atoms with van der Waals surface area (Å²) in [5.74, 6) is 0.622. The molecule has 1 atom stereocenters. The number of nitrogens with one attached hydrogen (secondary N) is 1. The Bertz CT molecular complexity index is 539. The Labute approximate surface area is 105 Å². The number of nitrogens with zero attached hydrogens (tertiary/aromatic N) is 1. The van der Waals surface area contributed by atoms with Gasteiger partial charge in [-0.15, -0.1) is 0 Å². The molecule has 0 bridgehead atoms. The van der Waals surface area contributed by atoms with Crippen LogP contribution in [0.2, 0.25) is 0 Å². The summed E-state index contributed by atoms with van der Waals surface area (Å²) in [5, 5.41) is 13.6. The minimum atomic E-state index is -2.85. The van der Waals surface area contributed by atoms with Crippen LogP contribution in [-0.4, -0.2) is 31.4 Å². The van der Waals surface area contributed by atoms with Gasteiger partial charge in [-0.1, -0.05) is 0 Å². The number of hydrogen-bond donors (Lipinski definition) is 1. The lowest BCUT2D eigenvalue weighted by molar-refractivity contribution is -0.384. The van der Waals surface area contributed by atoms with E-state index in [1.165, 1.54) is 12.1 Å². The second-order valence-electron chi connectivity index (χ2n) is 4.45. The van der Waals surface area contributed by atoms with E-state index >= 15 is 0 Å². The average Bonchev–Trinajstić information content (AvgIpc) is 2.67. The number of nitro benzene ring substituents is 1. The van der Waals surface area contributed by atoms with Gasteiger partial charge in [0.05, 0.1) is 16.4 Å². The number of rotatable bonds is 4. The van der Waals surface area contributed by atoms with Crippen molar-refractivity contribution < 1.29 is 13.3 Å². The normalized spacial score (nSPS) is 21.7. The highest BCUT2D eigenvalue weighted by Crippen LogP contribution is 2.20. The van der Waals surface area contributed by atoms with E-state index in [0.29, 0.717) is 13.0 Å². The molecule has 1 aliphatic heterocycles. The monoisotopic (exact) mass is 270 g/mol. The molecular weight excluding hydrogens is 256 g/mol. The van der Waals surface area contributed by atoms with Crippen LogP contribution in [0.1, 0.15) is 6.42 Å². The molecule has 1 aromatic rings. The van der Waals surface area contributed by atoms with E-state index in [0.717, 1.165) is 5.69 Å². The predicted octanol–water partition coefficient (Wildman–Crippen LogP) is 1.44. The first kappa shape index (κ1) is 12.8. The molecule has 0 amide bonds. The van der Waals surface area contributed by atoms with E-state index in [4.69, 9.17) is 0 Å². The van der Waals surface area contributed by atoms with Crippen molar-refractivity contribution in [2.75, 3.05) is 23.4 Å². The van der Waals surface area contributed by atoms with Crippen molar-refractivity contribution in [3.8, 4) is 0 Å². The quantitative estimate of drug-likeness (QED) is 0.660. The van der Waals surface area contributed by atoms with Crippen molar-refractivity contribution in [1.29, 1.82) is 0 Å². The summed E-state index contributed by atoms with van der Waals surface area (Å²) >= 11 is 0. The summed E-state index contributed by atoms with van der Waals surface area (Å²) < 4.78 is 22.5. The Morgan fingerprint density at radius 1 is 1.33 bits per heavy atom. The molecule has 6 nitrogen and oxygen atoms in total. The third-order valence-corrected chi connectivity index (χ3v) is 4.84. The van der Waals surface area contributed by atoms with Gasteiger partial charge in [-0.25, -0.2) is 8.42 Å². The van der Waals surface area contributed by atoms with Crippen LogP contribution in [0.5, 0.6) is 0 Å². The van der Waals surface area contributed by atoms with E-state index in [9.17, 15) is 18.5 Å². The molecule has 0 spiro atoms. The average molecular weight is 270 g/mol. The van der Waals surface area contributed by atoms with Crippen molar-refractivity contribution in [2.45, 2.75) is 6.42 Å². The Kier molecular flexibility index (Phi) is 3.51. The molecule has 0 saturated carbocycles. The van der Waals surface area contributed by atoms with Crippen molar-refractivity contribution in [2.24, 2.45) is 5.92 Å². The van der Waals surface area contributed by atoms with Crippen molar-refractivity contribution in [3.05, 3.63) is 34.4 Å². The minimum Gasteiger partial charge on any atom is -0.385 e. The van der Waals surface area contributed by atoms with Crippen LogP contribution in [-0.2, 0) is 9.84 Å². The molecule has 0 aromatic heterocycles. The number of sulfone groups is 1. The number of non-ortho nitro benzene ring substituents is 1. The molecule has 1 saturated heterocycles. The fraction of sp³-hybridized carbons (Fsp3) is 0.455. The zero-order valence-electron chi connectivity index (χ0n) is 9.70. The Morgan fingerprint density at radius 3 is 2.50 bits per heavy atom. The first-order valence-corrected chi connectivity index (χ1v) is 7.47. The lowest BCUT2D eigenvalue weighted by Gasteiger charge is -2.10. The van der Waals surface area contributed by atoms with Crippen molar-refractivity contribution >= 4 is 21.2 Å². The van der Waals surface area contributed by atoms with Crippen molar-refractivity contribution in [1.82, 2.24) is 0 Å². The zero-order valence-corrected chi connectivity index (χ0v) is 10.5. The molecule has 18 heavy (non-hydrogen) atoms. The van der Waals surface area contributed by atoms with Gasteiger partial charge >= 0.3 is 0 Å². The zero-order chi connectivity index (χ0) is 13.2. The van der Waals surface area contributed by atoms with E-state index in [2.05, 4.69) is 5.32 Å². The van der Waals surface area contributed by atoms with Gasteiger partial charge in [0.2, 0.25) is 0 Å². The SMILES string of the molecule is O=[N+]([O-])c1ccc(NCC2CCS(=O)(=O)C2)cc1. The highest BCUT2D eigenvalue weighted by molar-refractivity contribution is 7.91. The van der Waals surface area contributed by atoms with Gasteiger partial charge in [0.1, 0.15) is 0 Å².